The molecule has 0 radical (unpaired) electrons. The number of hydrogen-bond donors (Lipinski definition) is 1. The van der Waals surface area contributed by atoms with Gasteiger partial charge in [0.25, 0.3) is 0 Å². The Balaban J connectivity index is 2.02. The predicted molar refractivity (Wildman–Crippen MR) is 105 cm³/mol. The first-order chi connectivity index (χ1) is 10.7. The third-order valence-corrected chi connectivity index (χ3v) is 5.36. The number of thiocarbonyl (C=S) groups is 2. The van der Waals surface area contributed by atoms with Gasteiger partial charge >= 0.3 is 0 Å². The smallest absolute Gasteiger partial charge is 0.143 e. The summed E-state index contributed by atoms with van der Waals surface area (Å²) in [5.74, 6) is 0. The van der Waals surface area contributed by atoms with Gasteiger partial charge in [-0.25, -0.2) is 0 Å². The Morgan fingerprint density at radius 1 is 0.864 bits per heavy atom. The van der Waals surface area contributed by atoms with Crippen LogP contribution in [0.4, 0.5) is 0 Å². The molecule has 1 saturated heterocycles. The van der Waals surface area contributed by atoms with Gasteiger partial charge in [-0.15, -0.1) is 0 Å². The molecule has 106 valence electrons. The van der Waals surface area contributed by atoms with Crippen molar-refractivity contribution >= 4 is 73.1 Å². The second kappa shape index (κ2) is 5.47. The summed E-state index contributed by atoms with van der Waals surface area (Å²) in [7, 11) is 0. The molecule has 0 saturated carbocycles. The average molecular weight is 337 g/mol. The van der Waals surface area contributed by atoms with Crippen molar-refractivity contribution < 1.29 is 0 Å². The fourth-order valence-electron chi connectivity index (χ4n) is 2.76. The molecule has 1 aliphatic heterocycles. The molecule has 1 aliphatic rings. The molecule has 22 heavy (non-hydrogen) atoms. The lowest BCUT2D eigenvalue weighted by Crippen LogP contribution is -2.15. The quantitative estimate of drug-likeness (QED) is 0.368. The Labute approximate surface area is 143 Å². The zero-order valence-electron chi connectivity index (χ0n) is 11.5. The van der Waals surface area contributed by atoms with Crippen LogP contribution in [0, 0.1) is 0 Å². The van der Waals surface area contributed by atoms with Crippen molar-refractivity contribution in [3.05, 3.63) is 65.1 Å². The molecular weight excluding hydrogens is 326 g/mol. The monoisotopic (exact) mass is 337 g/mol. The third kappa shape index (κ3) is 2.33. The third-order valence-electron chi connectivity index (χ3n) is 3.73. The van der Waals surface area contributed by atoms with Gasteiger partial charge in [-0.05, 0) is 39.3 Å². The molecule has 4 rings (SSSR count). The molecule has 1 fully saturated rings. The van der Waals surface area contributed by atoms with Crippen LogP contribution >= 0.6 is 36.2 Å². The second-order valence-corrected chi connectivity index (χ2v) is 7.21. The minimum absolute atomic E-state index is 0.715. The number of fused-ring (bicyclic) bond motifs is 3. The van der Waals surface area contributed by atoms with Crippen LogP contribution in [0.1, 0.15) is 5.56 Å². The van der Waals surface area contributed by atoms with Gasteiger partial charge in [-0.3, -0.25) is 0 Å². The standard InChI is InChI=1S/C18H11NS3/c20-17-16(22-18(21)19-17)10-12-9-11-5-1-2-6-13(11)15-8-4-3-7-14(12)15/h1-10H,(H,19,20,21)/b16-10-. The van der Waals surface area contributed by atoms with Crippen LogP contribution in [0.5, 0.6) is 0 Å². The van der Waals surface area contributed by atoms with Gasteiger partial charge in [0.2, 0.25) is 0 Å². The molecule has 0 amide bonds. The summed E-state index contributed by atoms with van der Waals surface area (Å²) in [6.07, 6.45) is 2.13. The lowest BCUT2D eigenvalue weighted by atomic mass is 9.97. The van der Waals surface area contributed by atoms with E-state index < -0.39 is 0 Å². The van der Waals surface area contributed by atoms with Crippen LogP contribution < -0.4 is 5.32 Å². The fraction of sp³-hybridized carbons (Fsp3) is 0. The van der Waals surface area contributed by atoms with Gasteiger partial charge in [0, 0.05) is 4.91 Å². The molecular formula is C18H11NS3. The van der Waals surface area contributed by atoms with Crippen molar-refractivity contribution in [1.82, 2.24) is 5.32 Å². The lowest BCUT2D eigenvalue weighted by Gasteiger charge is -2.08. The minimum atomic E-state index is 0.715. The first-order valence-electron chi connectivity index (χ1n) is 6.88. The Morgan fingerprint density at radius 2 is 1.55 bits per heavy atom. The largest absolute Gasteiger partial charge is 0.331 e. The summed E-state index contributed by atoms with van der Waals surface area (Å²) in [6.45, 7) is 0. The molecule has 0 unspecified atom stereocenters. The maximum atomic E-state index is 5.35. The van der Waals surface area contributed by atoms with Crippen LogP contribution in [0.2, 0.25) is 0 Å². The number of hydrogen-bond acceptors (Lipinski definition) is 3. The highest BCUT2D eigenvalue weighted by molar-refractivity contribution is 8.27. The van der Waals surface area contributed by atoms with E-state index in [4.69, 9.17) is 24.4 Å². The highest BCUT2D eigenvalue weighted by Gasteiger charge is 2.18. The van der Waals surface area contributed by atoms with E-state index in [0.29, 0.717) is 4.99 Å². The van der Waals surface area contributed by atoms with E-state index in [1.807, 2.05) is 0 Å². The van der Waals surface area contributed by atoms with Crippen LogP contribution in [0.25, 0.3) is 27.6 Å². The molecule has 0 aliphatic carbocycles. The van der Waals surface area contributed by atoms with Crippen LogP contribution in [0.15, 0.2) is 59.5 Å². The maximum absolute atomic E-state index is 5.35. The van der Waals surface area contributed by atoms with Gasteiger partial charge in [0.05, 0.1) is 0 Å². The Kier molecular flexibility index (Phi) is 3.45. The summed E-state index contributed by atoms with van der Waals surface area (Å²) in [5, 5.41) is 8.03. The number of thioether (sulfide) groups is 1. The molecule has 0 spiro atoms. The van der Waals surface area contributed by atoms with E-state index in [-0.39, 0.29) is 0 Å². The van der Waals surface area contributed by atoms with Crippen molar-refractivity contribution in [2.45, 2.75) is 0 Å². The number of rotatable bonds is 1. The normalized spacial score (nSPS) is 16.6. The summed E-state index contributed by atoms with van der Waals surface area (Å²) >= 11 is 12.1. The zero-order valence-corrected chi connectivity index (χ0v) is 13.9. The molecule has 1 nitrogen and oxygen atoms in total. The highest BCUT2D eigenvalue weighted by Crippen LogP contribution is 2.33. The van der Waals surface area contributed by atoms with Gasteiger partial charge in [0.1, 0.15) is 9.31 Å². The van der Waals surface area contributed by atoms with Crippen LogP contribution in [-0.4, -0.2) is 9.31 Å². The molecule has 3 aromatic carbocycles. The Bertz CT molecular complexity index is 972. The van der Waals surface area contributed by atoms with Crippen molar-refractivity contribution in [2.75, 3.05) is 0 Å². The van der Waals surface area contributed by atoms with Crippen LogP contribution in [-0.2, 0) is 0 Å². The van der Waals surface area contributed by atoms with Gasteiger partial charge < -0.3 is 5.32 Å². The predicted octanol–water partition coefficient (Wildman–Crippen LogP) is 5.28. The zero-order chi connectivity index (χ0) is 15.1. The number of nitrogens with one attached hydrogen (secondary N) is 1. The van der Waals surface area contributed by atoms with E-state index in [1.165, 1.54) is 38.9 Å². The van der Waals surface area contributed by atoms with Crippen molar-refractivity contribution in [2.24, 2.45) is 0 Å². The maximum Gasteiger partial charge on any atom is 0.143 e. The first-order valence-corrected chi connectivity index (χ1v) is 8.51. The van der Waals surface area contributed by atoms with Crippen molar-refractivity contribution in [1.29, 1.82) is 0 Å². The van der Waals surface area contributed by atoms with Gasteiger partial charge in [-0.2, -0.15) is 0 Å². The van der Waals surface area contributed by atoms with E-state index in [0.717, 1.165) is 9.23 Å². The molecule has 0 aromatic heterocycles. The highest BCUT2D eigenvalue weighted by atomic mass is 32.2. The van der Waals surface area contributed by atoms with E-state index >= 15 is 0 Å². The lowest BCUT2D eigenvalue weighted by molar-refractivity contribution is 1.52. The molecule has 4 heteroatoms. The average Bonchev–Trinajstić information content (AvgIpc) is 2.85. The molecule has 3 aromatic rings. The van der Waals surface area contributed by atoms with Crippen LogP contribution in [0.3, 0.4) is 0 Å². The summed E-state index contributed by atoms with van der Waals surface area (Å²) < 4.78 is 0.723. The minimum Gasteiger partial charge on any atom is -0.331 e. The molecule has 1 N–H and O–H groups in total. The SMILES string of the molecule is S=C1NC(=S)/C(=C/c2cc3ccccc3c3ccccc23)S1. The first kappa shape index (κ1) is 13.9. The van der Waals surface area contributed by atoms with Gasteiger partial charge in [-0.1, -0.05) is 84.7 Å². The summed E-state index contributed by atoms with van der Waals surface area (Å²) in [4.78, 5) is 1.73. The number of benzene rings is 3. The summed E-state index contributed by atoms with van der Waals surface area (Å²) in [6, 6.07) is 19.2. The molecule has 1 heterocycles. The fourth-order valence-corrected chi connectivity index (χ4v) is 4.23. The topological polar surface area (TPSA) is 12.0 Å². The van der Waals surface area contributed by atoms with Crippen molar-refractivity contribution in [3.8, 4) is 0 Å². The summed E-state index contributed by atoms with van der Waals surface area (Å²) in [5.41, 5.74) is 1.17. The molecule has 0 bridgehead atoms. The van der Waals surface area contributed by atoms with Crippen molar-refractivity contribution in [3.63, 3.8) is 0 Å². The van der Waals surface area contributed by atoms with Gasteiger partial charge in [0.15, 0.2) is 0 Å². The molecule has 0 atom stereocenters. The van der Waals surface area contributed by atoms with E-state index in [2.05, 4.69) is 66.0 Å². The van der Waals surface area contributed by atoms with E-state index in [1.54, 1.807) is 0 Å². The Hall–Kier alpha value is -1.75. The second-order valence-electron chi connectivity index (χ2n) is 5.08. The Morgan fingerprint density at radius 3 is 2.27 bits per heavy atom. The van der Waals surface area contributed by atoms with E-state index in [9.17, 15) is 0 Å².